The fraction of sp³-hybridized carbons (Fsp3) is 0.190. The first-order valence-electron chi connectivity index (χ1n) is 8.32. The summed E-state index contributed by atoms with van der Waals surface area (Å²) in [4.78, 5) is 28.8. The standard InChI is InChI=1S/C15H13ClN2OS.C6H10O2/c1-4-10(2)9-13-14(19)18(3)15(20-13)17-12-7-5-11(16)6-8-12;1-4-5(2)8-6(3)7/h4-9H,1-2H2,3H3;4H,1-3H3/b13-9-,17-15?;5-4+. The molecule has 0 spiro atoms. The second-order valence-electron chi connectivity index (χ2n) is 5.62. The van der Waals surface area contributed by atoms with Crippen LogP contribution in [0.5, 0.6) is 0 Å². The second kappa shape index (κ2) is 11.3. The minimum absolute atomic E-state index is 0.0919. The summed E-state index contributed by atoms with van der Waals surface area (Å²) < 4.78 is 4.62. The Kier molecular flexibility index (Phi) is 9.48. The van der Waals surface area contributed by atoms with Gasteiger partial charge < -0.3 is 4.74 Å². The summed E-state index contributed by atoms with van der Waals surface area (Å²) in [7, 11) is 1.70. The van der Waals surface area contributed by atoms with Crippen LogP contribution in [0, 0.1) is 0 Å². The normalized spacial score (nSPS) is 16.7. The van der Waals surface area contributed by atoms with Crippen molar-refractivity contribution in [2.45, 2.75) is 20.8 Å². The molecular formula is C21H23ClN2O3S. The van der Waals surface area contributed by atoms with Gasteiger partial charge in [-0.2, -0.15) is 0 Å². The van der Waals surface area contributed by atoms with Gasteiger partial charge in [0.25, 0.3) is 5.91 Å². The number of likely N-dealkylation sites (N-methyl/N-ethyl adjacent to an activating group) is 1. The van der Waals surface area contributed by atoms with Crippen LogP contribution < -0.4 is 0 Å². The largest absolute Gasteiger partial charge is 0.432 e. The maximum Gasteiger partial charge on any atom is 0.307 e. The minimum Gasteiger partial charge on any atom is -0.432 e. The lowest BCUT2D eigenvalue weighted by Gasteiger charge is -2.06. The zero-order chi connectivity index (χ0) is 21.3. The number of rotatable bonds is 4. The Balaban J connectivity index is 0.000000416. The van der Waals surface area contributed by atoms with E-state index in [1.165, 1.54) is 23.6 Å². The topological polar surface area (TPSA) is 59.0 Å². The van der Waals surface area contributed by atoms with Crippen molar-refractivity contribution >= 4 is 46.1 Å². The summed E-state index contributed by atoms with van der Waals surface area (Å²) in [6.07, 6.45) is 5.05. The van der Waals surface area contributed by atoms with E-state index in [4.69, 9.17) is 11.6 Å². The first-order valence-corrected chi connectivity index (χ1v) is 9.52. The molecule has 0 aromatic heterocycles. The fourth-order valence-electron chi connectivity index (χ4n) is 1.79. The van der Waals surface area contributed by atoms with Crippen molar-refractivity contribution in [2.75, 3.05) is 7.05 Å². The quantitative estimate of drug-likeness (QED) is 0.275. The van der Waals surface area contributed by atoms with Crippen LogP contribution in [0.15, 0.2) is 76.9 Å². The van der Waals surface area contributed by atoms with E-state index in [0.29, 0.717) is 26.4 Å². The van der Waals surface area contributed by atoms with Gasteiger partial charge in [-0.15, -0.1) is 0 Å². The molecule has 2 rings (SSSR count). The van der Waals surface area contributed by atoms with E-state index in [9.17, 15) is 9.59 Å². The van der Waals surface area contributed by atoms with Crippen LogP contribution in [0.3, 0.4) is 0 Å². The number of aliphatic imine (C=N–C) groups is 1. The van der Waals surface area contributed by atoms with Crippen LogP contribution in [0.2, 0.25) is 5.02 Å². The maximum atomic E-state index is 12.1. The molecule has 1 saturated heterocycles. The molecule has 1 aromatic carbocycles. The summed E-state index contributed by atoms with van der Waals surface area (Å²) >= 11 is 7.15. The van der Waals surface area contributed by atoms with Crippen LogP contribution in [0.25, 0.3) is 0 Å². The molecule has 1 aromatic rings. The lowest BCUT2D eigenvalue weighted by Crippen LogP contribution is -2.23. The third kappa shape index (κ3) is 7.58. The Hall–Kier alpha value is -2.57. The Labute approximate surface area is 175 Å². The molecule has 1 fully saturated rings. The van der Waals surface area contributed by atoms with Gasteiger partial charge in [0.1, 0.15) is 5.76 Å². The molecule has 5 nitrogen and oxygen atoms in total. The number of halogens is 1. The Bertz CT molecular complexity index is 855. The van der Waals surface area contributed by atoms with E-state index in [1.807, 2.05) is 6.92 Å². The molecule has 0 aliphatic carbocycles. The average Bonchev–Trinajstić information content (AvgIpc) is 2.91. The predicted molar refractivity (Wildman–Crippen MR) is 118 cm³/mol. The molecule has 28 heavy (non-hydrogen) atoms. The Morgan fingerprint density at radius 3 is 2.36 bits per heavy atom. The number of benzene rings is 1. The highest BCUT2D eigenvalue weighted by atomic mass is 35.5. The van der Waals surface area contributed by atoms with Crippen molar-refractivity contribution in [1.82, 2.24) is 4.90 Å². The molecule has 7 heteroatoms. The predicted octanol–water partition coefficient (Wildman–Crippen LogP) is 5.63. The van der Waals surface area contributed by atoms with Crippen LogP contribution in [-0.4, -0.2) is 29.0 Å². The van der Waals surface area contributed by atoms with Gasteiger partial charge in [0.2, 0.25) is 0 Å². The average molecular weight is 419 g/mol. The number of carbonyl (C=O) groups is 2. The Morgan fingerprint density at radius 2 is 1.89 bits per heavy atom. The van der Waals surface area contributed by atoms with E-state index in [2.05, 4.69) is 22.9 Å². The minimum atomic E-state index is -0.263. The number of nitrogens with zero attached hydrogens (tertiary/aromatic N) is 2. The number of allylic oxidation sites excluding steroid dienone is 5. The van der Waals surface area contributed by atoms with Gasteiger partial charge in [0.05, 0.1) is 10.6 Å². The zero-order valence-corrected chi connectivity index (χ0v) is 17.9. The number of hydrogen-bond acceptors (Lipinski definition) is 5. The highest BCUT2D eigenvalue weighted by Crippen LogP contribution is 2.32. The van der Waals surface area contributed by atoms with Crippen molar-refractivity contribution in [3.63, 3.8) is 0 Å². The lowest BCUT2D eigenvalue weighted by atomic mass is 10.2. The van der Waals surface area contributed by atoms with E-state index >= 15 is 0 Å². The molecule has 0 bridgehead atoms. The third-order valence-electron chi connectivity index (χ3n) is 3.34. The molecule has 1 amide bonds. The van der Waals surface area contributed by atoms with E-state index in [-0.39, 0.29) is 11.9 Å². The summed E-state index contributed by atoms with van der Waals surface area (Å²) in [6.45, 7) is 12.3. The van der Waals surface area contributed by atoms with Crippen molar-refractivity contribution < 1.29 is 14.3 Å². The van der Waals surface area contributed by atoms with Gasteiger partial charge >= 0.3 is 5.97 Å². The van der Waals surface area contributed by atoms with Crippen LogP contribution in [-0.2, 0) is 14.3 Å². The molecular weight excluding hydrogens is 396 g/mol. The first kappa shape index (κ1) is 23.5. The van der Waals surface area contributed by atoms with Crippen LogP contribution in [0.1, 0.15) is 20.8 Å². The molecule has 0 atom stereocenters. The third-order valence-corrected chi connectivity index (χ3v) is 4.66. The summed E-state index contributed by atoms with van der Waals surface area (Å²) in [5.41, 5.74) is 1.45. The summed E-state index contributed by atoms with van der Waals surface area (Å²) in [5, 5.41) is 1.28. The highest BCUT2D eigenvalue weighted by molar-refractivity contribution is 8.18. The van der Waals surface area contributed by atoms with Gasteiger partial charge in [-0.1, -0.05) is 30.8 Å². The monoisotopic (exact) mass is 418 g/mol. The van der Waals surface area contributed by atoms with Crippen LogP contribution >= 0.6 is 23.4 Å². The first-order chi connectivity index (χ1) is 13.2. The maximum absolute atomic E-state index is 12.1. The smallest absolute Gasteiger partial charge is 0.307 e. The SMILES string of the molecule is C/C=C(\C)OC(C)=O.C=CC(=C)/C=C1\SC(=Nc2ccc(Cl)cc2)N(C)C1=O. The number of ether oxygens (including phenoxy) is 1. The molecule has 0 unspecified atom stereocenters. The summed E-state index contributed by atoms with van der Waals surface area (Å²) in [6, 6.07) is 7.13. The van der Waals surface area contributed by atoms with Crippen molar-refractivity contribution in [2.24, 2.45) is 4.99 Å². The van der Waals surface area contributed by atoms with Crippen molar-refractivity contribution in [1.29, 1.82) is 0 Å². The zero-order valence-electron chi connectivity index (χ0n) is 16.4. The van der Waals surface area contributed by atoms with E-state index < -0.39 is 0 Å². The Morgan fingerprint density at radius 1 is 1.29 bits per heavy atom. The van der Waals surface area contributed by atoms with E-state index in [0.717, 1.165) is 5.69 Å². The summed E-state index contributed by atoms with van der Waals surface area (Å²) in [5.74, 6) is 0.295. The molecule has 1 aliphatic rings. The van der Waals surface area contributed by atoms with Gasteiger partial charge in [0, 0.05) is 19.0 Å². The number of amidine groups is 1. The number of amides is 1. The molecule has 148 valence electrons. The van der Waals surface area contributed by atoms with Crippen molar-refractivity contribution in [3.8, 4) is 0 Å². The number of thioether (sulfide) groups is 1. The molecule has 1 aliphatic heterocycles. The number of carbonyl (C=O) groups excluding carboxylic acids is 2. The lowest BCUT2D eigenvalue weighted by molar-refractivity contribution is -0.136. The van der Waals surface area contributed by atoms with Crippen LogP contribution in [0.4, 0.5) is 5.69 Å². The number of hydrogen-bond donors (Lipinski definition) is 0. The van der Waals surface area contributed by atoms with Crippen molar-refractivity contribution in [3.05, 3.63) is 76.9 Å². The second-order valence-corrected chi connectivity index (χ2v) is 7.06. The fourth-order valence-corrected chi connectivity index (χ4v) is 2.92. The molecule has 0 N–H and O–H groups in total. The molecule has 0 saturated carbocycles. The van der Waals surface area contributed by atoms with Gasteiger partial charge in [-0.3, -0.25) is 14.5 Å². The highest BCUT2D eigenvalue weighted by Gasteiger charge is 2.30. The van der Waals surface area contributed by atoms with E-state index in [1.54, 1.807) is 56.5 Å². The molecule has 0 radical (unpaired) electrons. The van der Waals surface area contributed by atoms with Gasteiger partial charge in [0.15, 0.2) is 5.17 Å². The molecule has 1 heterocycles. The van der Waals surface area contributed by atoms with Gasteiger partial charge in [-0.05, 0) is 67.6 Å². The van der Waals surface area contributed by atoms with Gasteiger partial charge in [-0.25, -0.2) is 4.99 Å². The number of esters is 1.